The van der Waals surface area contributed by atoms with E-state index >= 15 is 0 Å². The summed E-state index contributed by atoms with van der Waals surface area (Å²) in [7, 11) is 8.13. The highest BCUT2D eigenvalue weighted by molar-refractivity contribution is 5.81. The van der Waals surface area contributed by atoms with Gasteiger partial charge in [-0.15, -0.1) is 0 Å². The third kappa shape index (κ3) is 5.36. The zero-order valence-electron chi connectivity index (χ0n) is 19.5. The molecule has 0 fully saturated rings. The third-order valence-corrected chi connectivity index (χ3v) is 5.30. The summed E-state index contributed by atoms with van der Waals surface area (Å²) in [5.41, 5.74) is 5.41. The van der Waals surface area contributed by atoms with Crippen LogP contribution in [0.2, 0.25) is 0 Å². The Morgan fingerprint density at radius 3 is 1.79 bits per heavy atom. The van der Waals surface area contributed by atoms with E-state index < -0.39 is 0 Å². The van der Waals surface area contributed by atoms with Crippen molar-refractivity contribution < 1.29 is 4.68 Å². The molecule has 4 rings (SSSR count). The number of imidazole rings is 1. The Kier molecular flexibility index (Phi) is 6.64. The molecule has 0 saturated carbocycles. The molecule has 1 aromatic heterocycles. The summed E-state index contributed by atoms with van der Waals surface area (Å²) >= 11 is 0. The van der Waals surface area contributed by atoms with Gasteiger partial charge in [-0.1, -0.05) is 62.0 Å². The lowest BCUT2D eigenvalue weighted by atomic mass is 10.2. The molecule has 0 bridgehead atoms. The minimum atomic E-state index is 0.873. The van der Waals surface area contributed by atoms with Crippen molar-refractivity contribution in [1.29, 1.82) is 0 Å². The summed E-state index contributed by atoms with van der Waals surface area (Å²) in [6, 6.07) is 26.8. The first kappa shape index (κ1) is 22.0. The van der Waals surface area contributed by atoms with Gasteiger partial charge in [0.1, 0.15) is 0 Å². The van der Waals surface area contributed by atoms with Gasteiger partial charge in [0.15, 0.2) is 12.4 Å². The molecule has 6 heteroatoms. The Morgan fingerprint density at radius 2 is 1.24 bits per heavy atom. The fourth-order valence-corrected chi connectivity index (χ4v) is 3.39. The molecule has 0 aliphatic carbocycles. The van der Waals surface area contributed by atoms with Gasteiger partial charge in [0.25, 0.3) is 0 Å². The molecule has 3 aromatic carbocycles. The second-order valence-corrected chi connectivity index (χ2v) is 8.14. The summed E-state index contributed by atoms with van der Waals surface area (Å²) in [6.45, 7) is 0. The predicted molar refractivity (Wildman–Crippen MR) is 138 cm³/mol. The van der Waals surface area contributed by atoms with Crippen molar-refractivity contribution in [3.05, 3.63) is 102 Å². The highest BCUT2D eigenvalue weighted by Gasteiger charge is 2.19. The van der Waals surface area contributed by atoms with Crippen LogP contribution in [-0.2, 0) is 0 Å². The van der Waals surface area contributed by atoms with Gasteiger partial charge < -0.3 is 9.80 Å². The van der Waals surface area contributed by atoms with Crippen LogP contribution in [0.1, 0.15) is 11.1 Å². The number of hydrogen-bond donors (Lipinski definition) is 0. The zero-order valence-corrected chi connectivity index (χ0v) is 19.5. The lowest BCUT2D eigenvalue weighted by molar-refractivity contribution is -0.666. The predicted octanol–water partition coefficient (Wildman–Crippen LogP) is 4.34. The van der Waals surface area contributed by atoms with Crippen molar-refractivity contribution >= 4 is 23.8 Å². The monoisotopic (exact) mass is 437 g/mol. The second kappa shape index (κ2) is 9.96. The van der Waals surface area contributed by atoms with Crippen LogP contribution in [0.25, 0.3) is 11.4 Å². The fourth-order valence-electron chi connectivity index (χ4n) is 3.39. The first-order valence-corrected chi connectivity index (χ1v) is 10.8. The Balaban J connectivity index is 1.64. The van der Waals surface area contributed by atoms with Crippen LogP contribution in [-0.4, -0.2) is 45.3 Å². The third-order valence-electron chi connectivity index (χ3n) is 5.30. The van der Waals surface area contributed by atoms with E-state index in [4.69, 9.17) is 10.2 Å². The lowest BCUT2D eigenvalue weighted by Gasteiger charge is -2.11. The molecule has 0 unspecified atom stereocenters. The van der Waals surface area contributed by atoms with E-state index in [0.717, 1.165) is 33.9 Å². The summed E-state index contributed by atoms with van der Waals surface area (Å²) in [5.74, 6) is 0.873. The molecule has 33 heavy (non-hydrogen) atoms. The molecule has 166 valence electrons. The number of benzene rings is 3. The van der Waals surface area contributed by atoms with Gasteiger partial charge in [-0.3, -0.25) is 0 Å². The van der Waals surface area contributed by atoms with Crippen molar-refractivity contribution in [1.82, 2.24) is 4.68 Å². The number of hydrogen-bond acceptors (Lipinski definition) is 4. The van der Waals surface area contributed by atoms with Crippen molar-refractivity contribution in [3.63, 3.8) is 0 Å². The van der Waals surface area contributed by atoms with Crippen LogP contribution in [0, 0.1) is 0 Å². The average Bonchev–Trinajstić information content (AvgIpc) is 3.25. The van der Waals surface area contributed by atoms with Crippen LogP contribution in [0.4, 0.5) is 11.4 Å². The first-order chi connectivity index (χ1) is 16.0. The molecule has 0 radical (unpaired) electrons. The van der Waals surface area contributed by atoms with E-state index in [1.165, 1.54) is 0 Å². The van der Waals surface area contributed by atoms with Crippen molar-refractivity contribution in [2.24, 2.45) is 10.2 Å². The molecule has 0 N–H and O–H groups in total. The van der Waals surface area contributed by atoms with Crippen molar-refractivity contribution in [3.8, 4) is 11.4 Å². The molecular weight excluding hydrogens is 408 g/mol. The topological polar surface area (TPSA) is 40.0 Å². The molecular formula is C27H29N6+. The summed E-state index contributed by atoms with van der Waals surface area (Å²) < 4.78 is 3.70. The van der Waals surface area contributed by atoms with E-state index in [9.17, 15) is 0 Å². The van der Waals surface area contributed by atoms with Gasteiger partial charge in [0, 0.05) is 39.6 Å². The minimum Gasteiger partial charge on any atom is -0.378 e. The van der Waals surface area contributed by atoms with E-state index in [1.807, 2.05) is 80.6 Å². The first-order valence-electron chi connectivity index (χ1n) is 10.8. The SMILES string of the molecule is CN(C)c1ccc(C=Nn2cc[n+](N=Cc3ccc(N(C)C)cc3)c2-c2ccccc2)cc1. The molecule has 0 aliphatic rings. The smallest absolute Gasteiger partial charge is 0.339 e. The van der Waals surface area contributed by atoms with Gasteiger partial charge >= 0.3 is 5.82 Å². The highest BCUT2D eigenvalue weighted by Crippen LogP contribution is 2.16. The Labute approximate surface area is 195 Å². The van der Waals surface area contributed by atoms with E-state index in [2.05, 4.69) is 70.5 Å². The van der Waals surface area contributed by atoms with Crippen LogP contribution in [0.15, 0.2) is 101 Å². The average molecular weight is 438 g/mol. The molecule has 0 amide bonds. The molecule has 1 heterocycles. The lowest BCUT2D eigenvalue weighted by Crippen LogP contribution is -2.28. The van der Waals surface area contributed by atoms with Gasteiger partial charge in [-0.25, -0.2) is 0 Å². The van der Waals surface area contributed by atoms with E-state index in [-0.39, 0.29) is 0 Å². The number of nitrogens with zero attached hydrogens (tertiary/aromatic N) is 6. The van der Waals surface area contributed by atoms with Gasteiger partial charge in [-0.05, 0) is 47.5 Å². The van der Waals surface area contributed by atoms with Crippen LogP contribution in [0.3, 0.4) is 0 Å². The van der Waals surface area contributed by atoms with Gasteiger partial charge in [0.05, 0.1) is 18.0 Å². The molecule has 4 aromatic rings. The van der Waals surface area contributed by atoms with Gasteiger partial charge in [0.2, 0.25) is 0 Å². The quantitative estimate of drug-likeness (QED) is 0.319. The fraction of sp³-hybridized carbons (Fsp3) is 0.148. The van der Waals surface area contributed by atoms with Crippen molar-refractivity contribution in [2.45, 2.75) is 0 Å². The van der Waals surface area contributed by atoms with Crippen molar-refractivity contribution in [2.75, 3.05) is 38.0 Å². The van der Waals surface area contributed by atoms with Crippen LogP contribution >= 0.6 is 0 Å². The summed E-state index contributed by atoms with van der Waals surface area (Å²) in [4.78, 5) is 4.16. The minimum absolute atomic E-state index is 0.873. The summed E-state index contributed by atoms with van der Waals surface area (Å²) in [5, 5.41) is 9.42. The summed E-state index contributed by atoms with van der Waals surface area (Å²) in [6.07, 6.45) is 7.55. The largest absolute Gasteiger partial charge is 0.378 e. The van der Waals surface area contributed by atoms with Crippen LogP contribution < -0.4 is 14.5 Å². The Hall–Kier alpha value is -4.19. The number of anilines is 2. The Morgan fingerprint density at radius 1 is 0.697 bits per heavy atom. The maximum atomic E-state index is 4.71. The van der Waals surface area contributed by atoms with Gasteiger partial charge in [-0.2, -0.15) is 0 Å². The highest BCUT2D eigenvalue weighted by atomic mass is 15.5. The van der Waals surface area contributed by atoms with Crippen LogP contribution in [0.5, 0.6) is 0 Å². The molecule has 6 nitrogen and oxygen atoms in total. The maximum absolute atomic E-state index is 4.71. The molecule has 0 atom stereocenters. The molecule has 0 saturated heterocycles. The molecule has 0 spiro atoms. The molecule has 0 aliphatic heterocycles. The normalized spacial score (nSPS) is 11.4. The standard InChI is InChI=1S/C27H29N6/c1-30(2)25-14-10-22(11-15-25)20-28-32-18-19-33(27(32)24-8-6-5-7-9-24)29-21-23-12-16-26(17-13-23)31(3)4/h5-21H,1-4H3/q+1. The van der Waals surface area contributed by atoms with E-state index in [1.54, 1.807) is 0 Å². The zero-order chi connectivity index (χ0) is 23.2. The van der Waals surface area contributed by atoms with E-state index in [0.29, 0.717) is 0 Å². The second-order valence-electron chi connectivity index (χ2n) is 8.14. The number of rotatable bonds is 7. The maximum Gasteiger partial charge on any atom is 0.339 e. The Bertz CT molecular complexity index is 1160. The number of aromatic nitrogens is 2.